The average molecular weight is 258 g/mol. The fourth-order valence-electron chi connectivity index (χ4n) is 2.62. The molecule has 5 heteroatoms. The highest BCUT2D eigenvalue weighted by atomic mass is 16.1. The Morgan fingerprint density at radius 2 is 2.16 bits per heavy atom. The Morgan fingerprint density at radius 3 is 2.89 bits per heavy atom. The number of nitrogens with zero attached hydrogens (tertiary/aromatic N) is 3. The standard InChI is InChI=1S/C14H18N4O/c1-2-18-13-11(4-3-5-16-13)10-12(14(18)19)17-8-6-15-7-9-17/h3-5,10,15H,2,6-9H2,1H3. The van der Waals surface area contributed by atoms with Crippen LogP contribution >= 0.6 is 0 Å². The molecule has 1 aliphatic heterocycles. The molecule has 0 bridgehead atoms. The number of fused-ring (bicyclic) bond motifs is 1. The van der Waals surface area contributed by atoms with Crippen molar-refractivity contribution >= 4 is 16.7 Å². The van der Waals surface area contributed by atoms with E-state index in [4.69, 9.17) is 0 Å². The second-order valence-corrected chi connectivity index (χ2v) is 4.73. The number of rotatable bonds is 2. The van der Waals surface area contributed by atoms with Crippen molar-refractivity contribution in [2.24, 2.45) is 0 Å². The third-order valence-corrected chi connectivity index (χ3v) is 3.60. The van der Waals surface area contributed by atoms with Gasteiger partial charge in [-0.2, -0.15) is 0 Å². The second-order valence-electron chi connectivity index (χ2n) is 4.73. The lowest BCUT2D eigenvalue weighted by Gasteiger charge is -2.29. The number of hydrogen-bond donors (Lipinski definition) is 1. The van der Waals surface area contributed by atoms with Gasteiger partial charge in [0, 0.05) is 44.3 Å². The molecule has 0 atom stereocenters. The molecule has 1 aliphatic rings. The summed E-state index contributed by atoms with van der Waals surface area (Å²) in [7, 11) is 0. The normalized spacial score (nSPS) is 15.9. The van der Waals surface area contributed by atoms with Gasteiger partial charge >= 0.3 is 0 Å². The van der Waals surface area contributed by atoms with Gasteiger partial charge in [0.2, 0.25) is 0 Å². The van der Waals surface area contributed by atoms with Crippen LogP contribution in [0.1, 0.15) is 6.92 Å². The van der Waals surface area contributed by atoms with Gasteiger partial charge in [-0.15, -0.1) is 0 Å². The molecule has 0 aliphatic carbocycles. The van der Waals surface area contributed by atoms with E-state index < -0.39 is 0 Å². The smallest absolute Gasteiger partial charge is 0.275 e. The monoisotopic (exact) mass is 258 g/mol. The highest BCUT2D eigenvalue weighted by Gasteiger charge is 2.16. The average Bonchev–Trinajstić information content (AvgIpc) is 2.47. The van der Waals surface area contributed by atoms with E-state index >= 15 is 0 Å². The van der Waals surface area contributed by atoms with E-state index in [1.54, 1.807) is 10.8 Å². The van der Waals surface area contributed by atoms with Gasteiger partial charge in [0.25, 0.3) is 5.56 Å². The number of aromatic nitrogens is 2. The Balaban J connectivity index is 2.19. The number of hydrogen-bond acceptors (Lipinski definition) is 4. The summed E-state index contributed by atoms with van der Waals surface area (Å²) in [6.07, 6.45) is 1.73. The van der Waals surface area contributed by atoms with Gasteiger partial charge in [0.05, 0.1) is 0 Å². The summed E-state index contributed by atoms with van der Waals surface area (Å²) in [4.78, 5) is 19.1. The first-order valence-electron chi connectivity index (χ1n) is 6.75. The summed E-state index contributed by atoms with van der Waals surface area (Å²) >= 11 is 0. The highest BCUT2D eigenvalue weighted by molar-refractivity contribution is 5.79. The molecule has 5 nitrogen and oxygen atoms in total. The van der Waals surface area contributed by atoms with Crippen LogP contribution in [0.25, 0.3) is 11.0 Å². The van der Waals surface area contributed by atoms with Crippen LogP contribution in [0.4, 0.5) is 5.69 Å². The van der Waals surface area contributed by atoms with Gasteiger partial charge in [-0.05, 0) is 25.1 Å². The largest absolute Gasteiger partial charge is 0.365 e. The van der Waals surface area contributed by atoms with Crippen molar-refractivity contribution in [1.82, 2.24) is 14.9 Å². The van der Waals surface area contributed by atoms with E-state index in [1.165, 1.54) is 0 Å². The number of anilines is 1. The number of piperazine rings is 1. The van der Waals surface area contributed by atoms with Crippen molar-refractivity contribution in [3.63, 3.8) is 0 Å². The molecule has 100 valence electrons. The van der Waals surface area contributed by atoms with Crippen molar-refractivity contribution in [1.29, 1.82) is 0 Å². The minimum Gasteiger partial charge on any atom is -0.365 e. The van der Waals surface area contributed by atoms with Crippen molar-refractivity contribution in [3.05, 3.63) is 34.7 Å². The van der Waals surface area contributed by atoms with Gasteiger partial charge in [-0.25, -0.2) is 4.98 Å². The molecule has 1 saturated heterocycles. The van der Waals surface area contributed by atoms with Crippen LogP contribution in [0.2, 0.25) is 0 Å². The van der Waals surface area contributed by atoms with Crippen LogP contribution in [0, 0.1) is 0 Å². The second kappa shape index (κ2) is 5.01. The Bertz CT molecular complexity index is 643. The topological polar surface area (TPSA) is 50.2 Å². The van der Waals surface area contributed by atoms with Crippen LogP contribution < -0.4 is 15.8 Å². The quantitative estimate of drug-likeness (QED) is 0.866. The van der Waals surface area contributed by atoms with Gasteiger partial charge in [0.1, 0.15) is 11.3 Å². The first-order valence-corrected chi connectivity index (χ1v) is 6.75. The lowest BCUT2D eigenvalue weighted by Crippen LogP contribution is -2.46. The van der Waals surface area contributed by atoms with Crippen LogP contribution in [0.3, 0.4) is 0 Å². The van der Waals surface area contributed by atoms with Gasteiger partial charge in [-0.1, -0.05) is 0 Å². The fraction of sp³-hybridized carbons (Fsp3) is 0.429. The van der Waals surface area contributed by atoms with Gasteiger partial charge in [-0.3, -0.25) is 9.36 Å². The van der Waals surface area contributed by atoms with Gasteiger partial charge in [0.15, 0.2) is 0 Å². The van der Waals surface area contributed by atoms with E-state index in [2.05, 4.69) is 15.2 Å². The minimum absolute atomic E-state index is 0.0654. The van der Waals surface area contributed by atoms with Crippen molar-refractivity contribution in [2.45, 2.75) is 13.5 Å². The first-order chi connectivity index (χ1) is 9.31. The molecule has 1 N–H and O–H groups in total. The zero-order valence-electron chi connectivity index (χ0n) is 11.1. The van der Waals surface area contributed by atoms with Crippen LogP contribution in [0.15, 0.2) is 29.2 Å². The first kappa shape index (κ1) is 12.2. The molecule has 2 aromatic rings. The summed E-state index contributed by atoms with van der Waals surface area (Å²) < 4.78 is 1.76. The molecule has 0 amide bonds. The Kier molecular flexibility index (Phi) is 3.21. The third-order valence-electron chi connectivity index (χ3n) is 3.60. The minimum atomic E-state index is 0.0654. The predicted octanol–water partition coefficient (Wildman–Crippen LogP) is 0.826. The molecular weight excluding hydrogens is 240 g/mol. The van der Waals surface area contributed by atoms with E-state index in [0.717, 1.165) is 42.9 Å². The van der Waals surface area contributed by atoms with Crippen LogP contribution in [-0.4, -0.2) is 35.7 Å². The van der Waals surface area contributed by atoms with E-state index in [0.29, 0.717) is 6.54 Å². The molecule has 3 rings (SSSR count). The molecule has 0 radical (unpaired) electrons. The molecule has 1 fully saturated rings. The Hall–Kier alpha value is -1.88. The molecular formula is C14H18N4O. The summed E-state index contributed by atoms with van der Waals surface area (Å²) in [5.74, 6) is 0. The summed E-state index contributed by atoms with van der Waals surface area (Å²) in [6.45, 7) is 6.24. The SMILES string of the molecule is CCn1c(=O)c(N2CCNCC2)cc2cccnc21. The van der Waals surface area contributed by atoms with Gasteiger partial charge < -0.3 is 10.2 Å². The Labute approximate surface area is 111 Å². The number of aryl methyl sites for hydroxylation is 1. The predicted molar refractivity (Wildman–Crippen MR) is 76.8 cm³/mol. The zero-order chi connectivity index (χ0) is 13.2. The maximum atomic E-state index is 12.6. The van der Waals surface area contributed by atoms with E-state index in [1.807, 2.05) is 25.1 Å². The van der Waals surface area contributed by atoms with E-state index in [-0.39, 0.29) is 5.56 Å². The molecule has 3 heterocycles. The van der Waals surface area contributed by atoms with E-state index in [9.17, 15) is 4.79 Å². The summed E-state index contributed by atoms with van der Waals surface area (Å²) in [6, 6.07) is 5.90. The zero-order valence-corrected chi connectivity index (χ0v) is 11.1. The van der Waals surface area contributed by atoms with Crippen molar-refractivity contribution < 1.29 is 0 Å². The molecule has 2 aromatic heterocycles. The lowest BCUT2D eigenvalue weighted by atomic mass is 10.2. The molecule has 0 spiro atoms. The van der Waals surface area contributed by atoms with Crippen molar-refractivity contribution in [3.8, 4) is 0 Å². The molecule has 0 saturated carbocycles. The lowest BCUT2D eigenvalue weighted by molar-refractivity contribution is 0.585. The molecule has 0 aromatic carbocycles. The van der Waals surface area contributed by atoms with Crippen molar-refractivity contribution in [2.75, 3.05) is 31.1 Å². The van der Waals surface area contributed by atoms with Crippen LogP contribution in [-0.2, 0) is 6.54 Å². The highest BCUT2D eigenvalue weighted by Crippen LogP contribution is 2.17. The number of pyridine rings is 2. The molecule has 0 unspecified atom stereocenters. The fourth-order valence-corrected chi connectivity index (χ4v) is 2.62. The maximum Gasteiger partial charge on any atom is 0.275 e. The number of nitrogens with one attached hydrogen (secondary N) is 1. The summed E-state index contributed by atoms with van der Waals surface area (Å²) in [5, 5.41) is 4.33. The maximum absolute atomic E-state index is 12.6. The third kappa shape index (κ3) is 2.10. The summed E-state index contributed by atoms with van der Waals surface area (Å²) in [5.41, 5.74) is 1.63. The van der Waals surface area contributed by atoms with Crippen LogP contribution in [0.5, 0.6) is 0 Å². The Morgan fingerprint density at radius 1 is 1.37 bits per heavy atom. The molecule has 19 heavy (non-hydrogen) atoms.